The summed E-state index contributed by atoms with van der Waals surface area (Å²) in [6, 6.07) is 0. The topological polar surface area (TPSA) is 56.3 Å². The first-order chi connectivity index (χ1) is 8.17. The summed E-state index contributed by atoms with van der Waals surface area (Å²) in [5, 5.41) is 4.46. The summed E-state index contributed by atoms with van der Waals surface area (Å²) in [7, 11) is 1.78. The normalized spacial score (nSPS) is 20.9. The molecule has 1 aliphatic heterocycles. The molecule has 2 heterocycles. The lowest BCUT2D eigenvalue weighted by atomic mass is 10.1. The van der Waals surface area contributed by atoms with Crippen molar-refractivity contribution in [3.63, 3.8) is 0 Å². The van der Waals surface area contributed by atoms with Crippen LogP contribution in [0.15, 0.2) is 0 Å². The second kappa shape index (κ2) is 4.96. The fourth-order valence-corrected chi connectivity index (χ4v) is 2.46. The van der Waals surface area contributed by atoms with Crippen molar-refractivity contribution in [2.45, 2.75) is 39.3 Å². The summed E-state index contributed by atoms with van der Waals surface area (Å²) >= 11 is 0. The number of methoxy groups -OCH3 is 1. The van der Waals surface area contributed by atoms with E-state index in [9.17, 15) is 0 Å². The number of hydrogen-bond acceptors (Lipinski definition) is 4. The summed E-state index contributed by atoms with van der Waals surface area (Å²) in [6.45, 7) is 6.85. The number of aromatic nitrogens is 2. The molecule has 1 unspecified atom stereocenters. The van der Waals surface area contributed by atoms with Gasteiger partial charge >= 0.3 is 0 Å². The molecule has 17 heavy (non-hydrogen) atoms. The van der Waals surface area contributed by atoms with E-state index in [1.165, 1.54) is 0 Å². The second-order valence-corrected chi connectivity index (χ2v) is 4.58. The zero-order valence-electron chi connectivity index (χ0n) is 10.9. The van der Waals surface area contributed by atoms with Crippen LogP contribution >= 0.6 is 0 Å². The van der Waals surface area contributed by atoms with Gasteiger partial charge in [0.25, 0.3) is 0 Å². The Kier molecular flexibility index (Phi) is 3.57. The van der Waals surface area contributed by atoms with E-state index in [1.54, 1.807) is 7.11 Å². The van der Waals surface area contributed by atoms with E-state index in [1.807, 2.05) is 11.6 Å². The Hall–Kier alpha value is -1.23. The number of piperidine rings is 1. The van der Waals surface area contributed by atoms with Crippen molar-refractivity contribution in [1.82, 2.24) is 9.78 Å². The van der Waals surface area contributed by atoms with Crippen LogP contribution in [0.5, 0.6) is 0 Å². The van der Waals surface area contributed by atoms with Gasteiger partial charge in [-0.3, -0.25) is 0 Å². The molecular weight excluding hydrogens is 216 g/mol. The zero-order chi connectivity index (χ0) is 12.4. The highest BCUT2D eigenvalue weighted by Gasteiger charge is 2.24. The van der Waals surface area contributed by atoms with Gasteiger partial charge in [0.1, 0.15) is 0 Å². The molecule has 0 saturated carbocycles. The first kappa shape index (κ1) is 12.2. The predicted molar refractivity (Wildman–Crippen MR) is 69.3 cm³/mol. The molecule has 1 saturated heterocycles. The molecule has 0 spiro atoms. The van der Waals surface area contributed by atoms with E-state index in [0.29, 0.717) is 6.10 Å². The molecule has 1 aliphatic rings. The SMILES string of the molecule is CCn1nc(C)c(N)c1N1CCCC(OC)C1. The average Bonchev–Trinajstić information content (AvgIpc) is 2.65. The number of rotatable bonds is 3. The van der Waals surface area contributed by atoms with E-state index in [4.69, 9.17) is 10.5 Å². The Morgan fingerprint density at radius 2 is 2.29 bits per heavy atom. The van der Waals surface area contributed by atoms with Gasteiger partial charge in [0.05, 0.1) is 17.5 Å². The van der Waals surface area contributed by atoms with Crippen molar-refractivity contribution < 1.29 is 4.74 Å². The fourth-order valence-electron chi connectivity index (χ4n) is 2.46. The summed E-state index contributed by atoms with van der Waals surface area (Å²) in [4.78, 5) is 2.30. The Labute approximate surface area is 103 Å². The zero-order valence-corrected chi connectivity index (χ0v) is 10.9. The number of ether oxygens (including phenoxy) is 1. The highest BCUT2D eigenvalue weighted by molar-refractivity contribution is 5.66. The van der Waals surface area contributed by atoms with E-state index >= 15 is 0 Å². The Balaban J connectivity index is 2.26. The van der Waals surface area contributed by atoms with Crippen LogP contribution < -0.4 is 10.6 Å². The maximum Gasteiger partial charge on any atom is 0.150 e. The van der Waals surface area contributed by atoms with Crippen molar-refractivity contribution in [1.29, 1.82) is 0 Å². The molecule has 1 atom stereocenters. The van der Waals surface area contributed by atoms with Gasteiger partial charge < -0.3 is 15.4 Å². The molecule has 0 aromatic carbocycles. The Morgan fingerprint density at radius 1 is 1.53 bits per heavy atom. The van der Waals surface area contributed by atoms with Gasteiger partial charge in [-0.1, -0.05) is 0 Å². The summed E-state index contributed by atoms with van der Waals surface area (Å²) < 4.78 is 7.44. The number of nitrogen functional groups attached to an aromatic ring is 1. The van der Waals surface area contributed by atoms with Crippen LogP contribution in [-0.2, 0) is 11.3 Å². The van der Waals surface area contributed by atoms with Crippen LogP contribution in [0.1, 0.15) is 25.5 Å². The van der Waals surface area contributed by atoms with E-state index in [0.717, 1.165) is 49.7 Å². The Morgan fingerprint density at radius 3 is 2.94 bits per heavy atom. The summed E-state index contributed by atoms with van der Waals surface area (Å²) in [5.41, 5.74) is 7.86. The lowest BCUT2D eigenvalue weighted by molar-refractivity contribution is 0.0889. The maximum atomic E-state index is 6.13. The smallest absolute Gasteiger partial charge is 0.150 e. The molecule has 0 bridgehead atoms. The van der Waals surface area contributed by atoms with E-state index in [2.05, 4.69) is 16.9 Å². The van der Waals surface area contributed by atoms with Crippen molar-refractivity contribution in [3.05, 3.63) is 5.69 Å². The molecule has 2 rings (SSSR count). The highest BCUT2D eigenvalue weighted by atomic mass is 16.5. The van der Waals surface area contributed by atoms with Crippen molar-refractivity contribution in [2.24, 2.45) is 0 Å². The Bertz CT molecular complexity index is 388. The molecule has 5 nitrogen and oxygen atoms in total. The maximum absolute atomic E-state index is 6.13. The molecule has 1 aromatic rings. The minimum absolute atomic E-state index is 0.309. The second-order valence-electron chi connectivity index (χ2n) is 4.58. The molecule has 2 N–H and O–H groups in total. The highest BCUT2D eigenvalue weighted by Crippen LogP contribution is 2.29. The van der Waals surface area contributed by atoms with Crippen molar-refractivity contribution >= 4 is 11.5 Å². The van der Waals surface area contributed by atoms with E-state index < -0.39 is 0 Å². The molecule has 1 aromatic heterocycles. The van der Waals surface area contributed by atoms with Crippen LogP contribution in [0.3, 0.4) is 0 Å². The van der Waals surface area contributed by atoms with Gasteiger partial charge in [0, 0.05) is 26.7 Å². The lowest BCUT2D eigenvalue weighted by Gasteiger charge is -2.33. The number of nitrogens with two attached hydrogens (primary N) is 1. The van der Waals surface area contributed by atoms with Gasteiger partial charge in [-0.2, -0.15) is 5.10 Å². The van der Waals surface area contributed by atoms with Crippen molar-refractivity contribution in [3.8, 4) is 0 Å². The molecule has 0 radical (unpaired) electrons. The molecular formula is C12H22N4O. The third kappa shape index (κ3) is 2.24. The van der Waals surface area contributed by atoms with Gasteiger partial charge in [0.15, 0.2) is 5.82 Å². The molecule has 0 amide bonds. The third-order valence-electron chi connectivity index (χ3n) is 3.46. The van der Waals surface area contributed by atoms with Gasteiger partial charge in [-0.25, -0.2) is 4.68 Å². The lowest BCUT2D eigenvalue weighted by Crippen LogP contribution is -2.40. The van der Waals surface area contributed by atoms with Crippen LogP contribution in [0.25, 0.3) is 0 Å². The number of hydrogen-bond donors (Lipinski definition) is 1. The van der Waals surface area contributed by atoms with Crippen molar-refractivity contribution in [2.75, 3.05) is 30.8 Å². The number of aryl methyl sites for hydroxylation is 2. The average molecular weight is 238 g/mol. The van der Waals surface area contributed by atoms with Crippen LogP contribution in [-0.4, -0.2) is 36.1 Å². The first-order valence-electron chi connectivity index (χ1n) is 6.28. The number of nitrogens with zero attached hydrogens (tertiary/aromatic N) is 3. The summed E-state index contributed by atoms with van der Waals surface area (Å²) in [6.07, 6.45) is 2.58. The van der Waals surface area contributed by atoms with Gasteiger partial charge in [-0.05, 0) is 26.7 Å². The molecule has 96 valence electrons. The third-order valence-corrected chi connectivity index (χ3v) is 3.46. The minimum Gasteiger partial charge on any atom is -0.394 e. The minimum atomic E-state index is 0.309. The summed E-state index contributed by atoms with van der Waals surface area (Å²) in [5.74, 6) is 1.06. The first-order valence-corrected chi connectivity index (χ1v) is 6.28. The largest absolute Gasteiger partial charge is 0.394 e. The van der Waals surface area contributed by atoms with Crippen LogP contribution in [0, 0.1) is 6.92 Å². The van der Waals surface area contributed by atoms with E-state index in [-0.39, 0.29) is 0 Å². The van der Waals surface area contributed by atoms with Crippen LogP contribution in [0.4, 0.5) is 11.5 Å². The fraction of sp³-hybridized carbons (Fsp3) is 0.750. The predicted octanol–water partition coefficient (Wildman–Crippen LogP) is 1.41. The van der Waals surface area contributed by atoms with Gasteiger partial charge in [-0.15, -0.1) is 0 Å². The number of anilines is 2. The standard InChI is InChI=1S/C12H22N4O/c1-4-16-12(11(13)9(2)14-16)15-7-5-6-10(8-15)17-3/h10H,4-8,13H2,1-3H3. The van der Waals surface area contributed by atoms with Gasteiger partial charge in [0.2, 0.25) is 0 Å². The quantitative estimate of drug-likeness (QED) is 0.865. The van der Waals surface area contributed by atoms with Crippen LogP contribution in [0.2, 0.25) is 0 Å². The molecule has 1 fully saturated rings. The molecule has 0 aliphatic carbocycles. The monoisotopic (exact) mass is 238 g/mol. The molecule has 5 heteroatoms.